The van der Waals surface area contributed by atoms with Gasteiger partial charge in [-0.3, -0.25) is 5.41 Å². The molecule has 2 heterocycles. The molecule has 2 aromatic heterocycles. The van der Waals surface area contributed by atoms with E-state index in [1.165, 1.54) is 64.0 Å². The van der Waals surface area contributed by atoms with Gasteiger partial charge in [-0.1, -0.05) is 122 Å². The first kappa shape index (κ1) is 31.2. The molecule has 51 heavy (non-hydrogen) atoms. The van der Waals surface area contributed by atoms with Gasteiger partial charge in [-0.2, -0.15) is 0 Å². The monoisotopic (exact) mass is 675 g/mol. The predicted molar refractivity (Wildman–Crippen MR) is 220 cm³/mol. The molecule has 0 aliphatic heterocycles. The minimum Gasteiger partial charge on any atom is -0.309 e. The molecule has 0 aliphatic carbocycles. The number of amidine groups is 1. The van der Waals surface area contributed by atoms with Crippen LogP contribution in [0.5, 0.6) is 0 Å². The minimum atomic E-state index is 0.234. The molecule has 0 aliphatic rings. The summed E-state index contributed by atoms with van der Waals surface area (Å²) in [7, 11) is 0. The van der Waals surface area contributed by atoms with Crippen molar-refractivity contribution >= 4 is 75.6 Å². The van der Waals surface area contributed by atoms with Gasteiger partial charge in [0, 0.05) is 48.1 Å². The highest BCUT2D eigenvalue weighted by Crippen LogP contribution is 2.39. The Morgan fingerprint density at radius 1 is 0.608 bits per heavy atom. The maximum atomic E-state index is 8.81. The quantitative estimate of drug-likeness (QED) is 0.123. The Morgan fingerprint density at radius 3 is 2.10 bits per heavy atom. The number of aromatic nitrogens is 1. The molecule has 3 nitrogen and oxygen atoms in total. The van der Waals surface area contributed by atoms with Crippen LogP contribution in [0.25, 0.3) is 58.4 Å². The second-order valence-corrected chi connectivity index (χ2v) is 14.5. The number of nitrogens with zero attached hydrogens (tertiary/aromatic N) is 2. The van der Waals surface area contributed by atoms with Crippen LogP contribution in [0.3, 0.4) is 0 Å². The standard InChI is InChI=1S/C47H37N3S/c1-2-32(46(33-13-5-3-6-14-33)49-47(48)34-15-7-4-8-16-34)23-21-31-22-26-44-41(27-31)39-25-24-37(30-45(39)51-44)50-42-20-12-11-19-38(42)40-28-35-17-9-10-18-36(35)29-43(40)50/h3-20,22,24-30,32,48H,2,21,23H2,1H3/b48-47?,49-46+. The van der Waals surface area contributed by atoms with Crippen molar-refractivity contribution in [1.82, 2.24) is 4.57 Å². The summed E-state index contributed by atoms with van der Waals surface area (Å²) in [6.07, 6.45) is 2.87. The highest BCUT2D eigenvalue weighted by atomic mass is 32.1. The van der Waals surface area contributed by atoms with Crippen LogP contribution in [-0.2, 0) is 6.42 Å². The molecule has 0 saturated heterocycles. The average molecular weight is 676 g/mol. The van der Waals surface area contributed by atoms with Crippen LogP contribution in [-0.4, -0.2) is 16.1 Å². The van der Waals surface area contributed by atoms with E-state index in [-0.39, 0.29) is 5.92 Å². The van der Waals surface area contributed by atoms with E-state index in [1.54, 1.807) is 0 Å². The van der Waals surface area contributed by atoms with E-state index in [4.69, 9.17) is 10.4 Å². The fourth-order valence-electron chi connectivity index (χ4n) is 7.70. The van der Waals surface area contributed by atoms with Gasteiger partial charge in [0.25, 0.3) is 0 Å². The van der Waals surface area contributed by atoms with Crippen molar-refractivity contribution in [3.05, 3.63) is 174 Å². The molecular formula is C47H37N3S. The van der Waals surface area contributed by atoms with E-state index in [9.17, 15) is 0 Å². The summed E-state index contributed by atoms with van der Waals surface area (Å²) in [5.74, 6) is 0.546. The molecule has 1 unspecified atom stereocenters. The molecule has 9 aromatic rings. The molecule has 0 amide bonds. The Kier molecular flexibility index (Phi) is 8.02. The molecule has 0 radical (unpaired) electrons. The van der Waals surface area contributed by atoms with E-state index < -0.39 is 0 Å². The average Bonchev–Trinajstić information content (AvgIpc) is 3.71. The van der Waals surface area contributed by atoms with Crippen LogP contribution in [0, 0.1) is 11.3 Å². The Bertz CT molecular complexity index is 2750. The predicted octanol–water partition coefficient (Wildman–Crippen LogP) is 12.8. The number of hydrogen-bond donors (Lipinski definition) is 1. The summed E-state index contributed by atoms with van der Waals surface area (Å²) in [6.45, 7) is 2.24. The molecule has 9 rings (SSSR count). The van der Waals surface area contributed by atoms with Crippen LogP contribution in [0.15, 0.2) is 163 Å². The Hall–Kier alpha value is -5.84. The zero-order valence-corrected chi connectivity index (χ0v) is 29.3. The Labute approximate surface area is 301 Å². The molecule has 0 spiro atoms. The van der Waals surface area contributed by atoms with Crippen LogP contribution in [0.2, 0.25) is 0 Å². The maximum absolute atomic E-state index is 8.81. The van der Waals surface area contributed by atoms with E-state index in [0.717, 1.165) is 36.1 Å². The number of benzene rings is 7. The molecule has 1 N–H and O–H groups in total. The first-order valence-corrected chi connectivity index (χ1v) is 18.6. The third-order valence-electron chi connectivity index (χ3n) is 10.3. The molecule has 1 atom stereocenters. The van der Waals surface area contributed by atoms with Gasteiger partial charge in [0.05, 0.1) is 16.7 Å². The lowest BCUT2D eigenvalue weighted by molar-refractivity contribution is 0.606. The van der Waals surface area contributed by atoms with Crippen molar-refractivity contribution < 1.29 is 0 Å². The summed E-state index contributed by atoms with van der Waals surface area (Å²) in [5, 5.41) is 16.5. The van der Waals surface area contributed by atoms with Gasteiger partial charge in [-0.05, 0) is 83.6 Å². The van der Waals surface area contributed by atoms with Crippen molar-refractivity contribution in [2.45, 2.75) is 26.2 Å². The first-order valence-electron chi connectivity index (χ1n) is 17.8. The second-order valence-electron chi connectivity index (χ2n) is 13.4. The summed E-state index contributed by atoms with van der Waals surface area (Å²) in [6, 6.07) is 56.3. The fraction of sp³-hybridized carbons (Fsp3) is 0.106. The maximum Gasteiger partial charge on any atom is 0.152 e. The van der Waals surface area contributed by atoms with E-state index in [2.05, 4.69) is 133 Å². The molecule has 0 saturated carbocycles. The number of fused-ring (bicyclic) bond motifs is 7. The number of hydrogen-bond acceptors (Lipinski definition) is 2. The zero-order chi connectivity index (χ0) is 34.3. The van der Waals surface area contributed by atoms with Gasteiger partial charge >= 0.3 is 0 Å². The topological polar surface area (TPSA) is 41.1 Å². The van der Waals surface area contributed by atoms with Crippen molar-refractivity contribution in [1.29, 1.82) is 5.41 Å². The van der Waals surface area contributed by atoms with Gasteiger partial charge in [0.1, 0.15) is 0 Å². The van der Waals surface area contributed by atoms with E-state index >= 15 is 0 Å². The van der Waals surface area contributed by atoms with Gasteiger partial charge in [-0.25, -0.2) is 4.99 Å². The number of nitrogens with one attached hydrogen (secondary N) is 1. The smallest absolute Gasteiger partial charge is 0.152 e. The number of para-hydroxylation sites is 1. The van der Waals surface area contributed by atoms with Crippen LogP contribution in [0.4, 0.5) is 0 Å². The van der Waals surface area contributed by atoms with Gasteiger partial charge in [-0.15, -0.1) is 11.3 Å². The van der Waals surface area contributed by atoms with Crippen molar-refractivity contribution in [3.63, 3.8) is 0 Å². The molecule has 4 heteroatoms. The molecule has 7 aromatic carbocycles. The lowest BCUT2D eigenvalue weighted by atomic mass is 9.88. The zero-order valence-electron chi connectivity index (χ0n) is 28.5. The van der Waals surface area contributed by atoms with Crippen LogP contribution >= 0.6 is 11.3 Å². The van der Waals surface area contributed by atoms with Crippen molar-refractivity contribution in [2.24, 2.45) is 10.9 Å². The van der Waals surface area contributed by atoms with Crippen molar-refractivity contribution in [3.8, 4) is 5.69 Å². The van der Waals surface area contributed by atoms with Gasteiger partial charge in [0.15, 0.2) is 5.84 Å². The van der Waals surface area contributed by atoms with Crippen molar-refractivity contribution in [2.75, 3.05) is 0 Å². The second kappa shape index (κ2) is 13.1. The highest BCUT2D eigenvalue weighted by Gasteiger charge is 2.19. The number of thiophene rings is 1. The van der Waals surface area contributed by atoms with Crippen LogP contribution in [0.1, 0.15) is 36.5 Å². The summed E-state index contributed by atoms with van der Waals surface area (Å²) < 4.78 is 5.05. The first-order chi connectivity index (χ1) is 25.1. The number of aryl methyl sites for hydroxylation is 1. The third kappa shape index (κ3) is 5.72. The highest BCUT2D eigenvalue weighted by molar-refractivity contribution is 7.25. The molecular weight excluding hydrogens is 639 g/mol. The fourth-order valence-corrected chi connectivity index (χ4v) is 8.82. The summed E-state index contributed by atoms with van der Waals surface area (Å²) in [5.41, 5.74) is 7.93. The lowest BCUT2D eigenvalue weighted by Gasteiger charge is -2.19. The Morgan fingerprint density at radius 2 is 1.31 bits per heavy atom. The Balaban J connectivity index is 1.05. The van der Waals surface area contributed by atoms with E-state index in [1.807, 2.05) is 47.7 Å². The summed E-state index contributed by atoms with van der Waals surface area (Å²) in [4.78, 5) is 4.96. The lowest BCUT2D eigenvalue weighted by Crippen LogP contribution is -2.18. The normalized spacial score (nSPS) is 12.8. The SMILES string of the molecule is CCC(CCc1ccc2sc3cc(-n4c5ccccc5c5cc6ccccc6cc54)ccc3c2c1)/C(=N\C(=N)c1ccccc1)c1ccccc1. The number of aliphatic imine (C=N–C) groups is 1. The summed E-state index contributed by atoms with van der Waals surface area (Å²) >= 11 is 1.87. The van der Waals surface area contributed by atoms with Gasteiger partial charge in [0.2, 0.25) is 0 Å². The number of rotatable bonds is 8. The van der Waals surface area contributed by atoms with E-state index in [0.29, 0.717) is 5.84 Å². The van der Waals surface area contributed by atoms with Gasteiger partial charge < -0.3 is 4.57 Å². The molecule has 0 fully saturated rings. The molecule has 0 bridgehead atoms. The minimum absolute atomic E-state index is 0.234. The molecule has 246 valence electrons. The largest absolute Gasteiger partial charge is 0.309 e. The third-order valence-corrected chi connectivity index (χ3v) is 11.5. The van der Waals surface area contributed by atoms with Crippen LogP contribution < -0.4 is 0 Å².